The number of rotatable bonds is 6. The Bertz CT molecular complexity index is 617. The van der Waals surface area contributed by atoms with E-state index in [1.807, 2.05) is 14.0 Å². The van der Waals surface area contributed by atoms with E-state index in [0.717, 1.165) is 12.8 Å². The molecule has 1 fully saturated rings. The maximum atomic E-state index is 12.7. The smallest absolute Gasteiger partial charge is 0.255 e. The van der Waals surface area contributed by atoms with Crippen LogP contribution < -0.4 is 11.1 Å². The Morgan fingerprint density at radius 2 is 1.96 bits per heavy atom. The molecule has 0 saturated heterocycles. The fraction of sp³-hybridized carbons (Fsp3) is 0.579. The van der Waals surface area contributed by atoms with Crippen LogP contribution in [0.5, 0.6) is 0 Å². The number of halogens is 2. The molecule has 1 aromatic carbocycles. The number of amides is 2. The van der Waals surface area contributed by atoms with Crippen LogP contribution in [0.25, 0.3) is 0 Å². The van der Waals surface area contributed by atoms with E-state index < -0.39 is 0 Å². The summed E-state index contributed by atoms with van der Waals surface area (Å²) >= 11 is 6.30. The zero-order valence-electron chi connectivity index (χ0n) is 15.5. The topological polar surface area (TPSA) is 75.4 Å². The zero-order valence-corrected chi connectivity index (χ0v) is 17.0. The van der Waals surface area contributed by atoms with Crippen molar-refractivity contribution in [3.8, 4) is 0 Å². The first-order chi connectivity index (χ1) is 11.9. The fourth-order valence-electron chi connectivity index (χ4n) is 3.17. The van der Waals surface area contributed by atoms with Crippen molar-refractivity contribution in [3.05, 3.63) is 28.8 Å². The fourth-order valence-corrected chi connectivity index (χ4v) is 3.43. The van der Waals surface area contributed by atoms with Gasteiger partial charge in [0.1, 0.15) is 0 Å². The van der Waals surface area contributed by atoms with Gasteiger partial charge < -0.3 is 16.0 Å². The van der Waals surface area contributed by atoms with Crippen molar-refractivity contribution in [1.29, 1.82) is 0 Å². The van der Waals surface area contributed by atoms with Gasteiger partial charge >= 0.3 is 0 Å². The summed E-state index contributed by atoms with van der Waals surface area (Å²) < 4.78 is 0. The van der Waals surface area contributed by atoms with Gasteiger partial charge in [0.2, 0.25) is 5.91 Å². The lowest BCUT2D eigenvalue weighted by Crippen LogP contribution is -2.38. The van der Waals surface area contributed by atoms with Gasteiger partial charge in [0.15, 0.2) is 0 Å². The molecule has 1 unspecified atom stereocenters. The van der Waals surface area contributed by atoms with Crippen LogP contribution >= 0.6 is 24.0 Å². The van der Waals surface area contributed by atoms with Gasteiger partial charge in [-0.05, 0) is 44.4 Å². The highest BCUT2D eigenvalue weighted by Gasteiger charge is 2.24. The summed E-state index contributed by atoms with van der Waals surface area (Å²) in [5, 5.41) is 3.15. The lowest BCUT2D eigenvalue weighted by Gasteiger charge is -2.31. The van der Waals surface area contributed by atoms with Crippen LogP contribution in [0.3, 0.4) is 0 Å². The van der Waals surface area contributed by atoms with Crippen molar-refractivity contribution in [2.75, 3.05) is 12.4 Å². The molecule has 0 aromatic heterocycles. The molecule has 1 atom stereocenters. The molecule has 7 heteroatoms. The number of nitrogens with two attached hydrogens (primary N) is 1. The highest BCUT2D eigenvalue weighted by molar-refractivity contribution is 6.34. The molecule has 5 nitrogen and oxygen atoms in total. The molecule has 1 saturated carbocycles. The van der Waals surface area contributed by atoms with Crippen LogP contribution in [0.15, 0.2) is 18.2 Å². The van der Waals surface area contributed by atoms with Gasteiger partial charge in [-0.3, -0.25) is 9.59 Å². The molecular weight excluding hydrogens is 373 g/mol. The Morgan fingerprint density at radius 1 is 1.31 bits per heavy atom. The monoisotopic (exact) mass is 401 g/mol. The summed E-state index contributed by atoms with van der Waals surface area (Å²) in [5.74, 6) is -0.168. The Kier molecular flexibility index (Phi) is 9.41. The third kappa shape index (κ3) is 6.45. The molecule has 0 heterocycles. The molecule has 26 heavy (non-hydrogen) atoms. The van der Waals surface area contributed by atoms with Crippen molar-refractivity contribution < 1.29 is 9.59 Å². The molecule has 0 spiro atoms. The van der Waals surface area contributed by atoms with Crippen molar-refractivity contribution in [2.24, 2.45) is 5.73 Å². The van der Waals surface area contributed by atoms with Gasteiger partial charge in [0, 0.05) is 31.2 Å². The molecule has 0 radical (unpaired) electrons. The van der Waals surface area contributed by atoms with E-state index in [1.54, 1.807) is 23.1 Å². The van der Waals surface area contributed by atoms with Crippen LogP contribution in [0.4, 0.5) is 5.69 Å². The van der Waals surface area contributed by atoms with E-state index in [2.05, 4.69) is 5.32 Å². The van der Waals surface area contributed by atoms with Crippen molar-refractivity contribution in [2.45, 2.75) is 64.0 Å². The SMILES string of the molecule is CC(N)CCC(=O)Nc1ccc(C(=O)N(C)C2CCCCC2)c(Cl)c1.Cl. The van der Waals surface area contributed by atoms with Gasteiger partial charge in [-0.15, -0.1) is 12.4 Å². The van der Waals surface area contributed by atoms with Crippen LogP contribution in [-0.4, -0.2) is 35.8 Å². The van der Waals surface area contributed by atoms with E-state index >= 15 is 0 Å². The Balaban J connectivity index is 0.00000338. The minimum atomic E-state index is -0.105. The maximum Gasteiger partial charge on any atom is 0.255 e. The molecule has 0 bridgehead atoms. The summed E-state index contributed by atoms with van der Waals surface area (Å²) in [6, 6.07) is 5.32. The Morgan fingerprint density at radius 3 is 2.54 bits per heavy atom. The highest BCUT2D eigenvalue weighted by atomic mass is 35.5. The molecule has 1 aliphatic rings. The lowest BCUT2D eigenvalue weighted by atomic mass is 9.94. The molecule has 0 aliphatic heterocycles. The van der Waals surface area contributed by atoms with Crippen LogP contribution in [-0.2, 0) is 4.79 Å². The Hall–Kier alpha value is -1.30. The molecule has 2 amide bonds. The number of carbonyl (C=O) groups is 2. The quantitative estimate of drug-likeness (QED) is 0.748. The summed E-state index contributed by atoms with van der Waals surface area (Å²) in [4.78, 5) is 26.4. The van der Waals surface area contributed by atoms with Gasteiger partial charge in [-0.2, -0.15) is 0 Å². The molecule has 146 valence electrons. The van der Waals surface area contributed by atoms with Crippen molar-refractivity contribution in [3.63, 3.8) is 0 Å². The van der Waals surface area contributed by atoms with E-state index in [4.69, 9.17) is 17.3 Å². The lowest BCUT2D eigenvalue weighted by molar-refractivity contribution is -0.116. The first-order valence-corrected chi connectivity index (χ1v) is 9.38. The number of hydrogen-bond donors (Lipinski definition) is 2. The van der Waals surface area contributed by atoms with Gasteiger partial charge in [-0.1, -0.05) is 30.9 Å². The number of benzene rings is 1. The average molecular weight is 402 g/mol. The number of nitrogens with one attached hydrogen (secondary N) is 1. The second kappa shape index (κ2) is 10.8. The number of nitrogens with zero attached hydrogens (tertiary/aromatic N) is 1. The number of hydrogen-bond acceptors (Lipinski definition) is 3. The Labute approximate surface area is 167 Å². The third-order valence-corrected chi connectivity index (χ3v) is 5.07. The standard InChI is InChI=1S/C19H28ClN3O2.ClH/c1-13(21)8-11-18(24)22-14-9-10-16(17(20)12-14)19(25)23(2)15-6-4-3-5-7-15;/h9-10,12-13,15H,3-8,11,21H2,1-2H3,(H,22,24);1H. The highest BCUT2D eigenvalue weighted by Crippen LogP contribution is 2.26. The van der Waals surface area contributed by atoms with E-state index in [0.29, 0.717) is 29.1 Å². The van der Waals surface area contributed by atoms with Crippen LogP contribution in [0.1, 0.15) is 62.2 Å². The molecule has 1 aromatic rings. The molecule has 1 aliphatic carbocycles. The number of anilines is 1. The largest absolute Gasteiger partial charge is 0.339 e. The number of carbonyl (C=O) groups excluding carboxylic acids is 2. The van der Waals surface area contributed by atoms with Gasteiger partial charge in [-0.25, -0.2) is 0 Å². The van der Waals surface area contributed by atoms with Crippen LogP contribution in [0, 0.1) is 0 Å². The first kappa shape index (κ1) is 22.7. The predicted octanol–water partition coefficient (Wildman–Crippen LogP) is 4.23. The molecule has 3 N–H and O–H groups in total. The minimum Gasteiger partial charge on any atom is -0.339 e. The maximum absolute atomic E-state index is 12.7. The van der Waals surface area contributed by atoms with Crippen molar-refractivity contribution >= 4 is 41.5 Å². The second-order valence-corrected chi connectivity index (χ2v) is 7.37. The first-order valence-electron chi connectivity index (χ1n) is 9.00. The average Bonchev–Trinajstić information content (AvgIpc) is 2.59. The van der Waals surface area contributed by atoms with E-state index in [-0.39, 0.29) is 36.3 Å². The van der Waals surface area contributed by atoms with Gasteiger partial charge in [0.05, 0.1) is 10.6 Å². The zero-order chi connectivity index (χ0) is 18.4. The summed E-state index contributed by atoms with van der Waals surface area (Å²) in [6.07, 6.45) is 6.67. The minimum absolute atomic E-state index is 0. The van der Waals surface area contributed by atoms with Crippen LogP contribution in [0.2, 0.25) is 5.02 Å². The predicted molar refractivity (Wildman–Crippen MR) is 109 cm³/mol. The van der Waals surface area contributed by atoms with Gasteiger partial charge in [0.25, 0.3) is 5.91 Å². The normalized spacial score (nSPS) is 15.7. The third-order valence-electron chi connectivity index (χ3n) is 4.75. The summed E-state index contributed by atoms with van der Waals surface area (Å²) in [5.41, 5.74) is 6.73. The summed E-state index contributed by atoms with van der Waals surface area (Å²) in [6.45, 7) is 1.87. The van der Waals surface area contributed by atoms with E-state index in [9.17, 15) is 9.59 Å². The van der Waals surface area contributed by atoms with E-state index in [1.165, 1.54) is 19.3 Å². The second-order valence-electron chi connectivity index (χ2n) is 6.97. The molecular formula is C19H29Cl2N3O2. The molecule has 2 rings (SSSR count). The summed E-state index contributed by atoms with van der Waals surface area (Å²) in [7, 11) is 1.85. The van der Waals surface area contributed by atoms with Crippen molar-refractivity contribution in [1.82, 2.24) is 4.90 Å².